The summed E-state index contributed by atoms with van der Waals surface area (Å²) in [6.07, 6.45) is 3.14. The van der Waals surface area contributed by atoms with Crippen LogP contribution in [0.15, 0.2) is 30.6 Å². The Morgan fingerprint density at radius 1 is 1.12 bits per heavy atom. The highest BCUT2D eigenvalue weighted by Crippen LogP contribution is 2.33. The maximum atomic E-state index is 12.7. The van der Waals surface area contributed by atoms with E-state index in [1.807, 2.05) is 31.5 Å². The van der Waals surface area contributed by atoms with Crippen molar-refractivity contribution >= 4 is 22.3 Å². The fourth-order valence-electron chi connectivity index (χ4n) is 3.71. The van der Waals surface area contributed by atoms with Crippen molar-refractivity contribution in [2.45, 2.75) is 45.3 Å². The fraction of sp³-hybridized carbons (Fsp3) is 0.476. The molecule has 3 aromatic rings. The van der Waals surface area contributed by atoms with Gasteiger partial charge in [0.2, 0.25) is 10.1 Å². The molecule has 1 aliphatic heterocycles. The van der Waals surface area contributed by atoms with E-state index in [-0.39, 0.29) is 5.13 Å². The largest absolute Gasteiger partial charge is 0.445 e. The number of hydrogen-bond acceptors (Lipinski definition) is 8. The van der Waals surface area contributed by atoms with E-state index in [2.05, 4.69) is 35.4 Å². The number of aryl methyl sites for hydroxylation is 1. The van der Waals surface area contributed by atoms with Crippen LogP contribution < -0.4 is 5.32 Å². The number of likely N-dealkylation sites (tertiary alicyclic amines) is 1. The van der Waals surface area contributed by atoms with Crippen molar-refractivity contribution in [1.82, 2.24) is 30.0 Å². The third-order valence-electron chi connectivity index (χ3n) is 5.40. The molecule has 0 aliphatic carbocycles. The van der Waals surface area contributed by atoms with Gasteiger partial charge in [0.15, 0.2) is 0 Å². The number of halogens is 3. The van der Waals surface area contributed by atoms with Gasteiger partial charge in [0, 0.05) is 36.6 Å². The van der Waals surface area contributed by atoms with E-state index in [4.69, 9.17) is 0 Å². The summed E-state index contributed by atoms with van der Waals surface area (Å²) >= 11 is 0.466. The Morgan fingerprint density at radius 2 is 1.88 bits per heavy atom. The zero-order valence-corrected chi connectivity index (χ0v) is 18.5. The van der Waals surface area contributed by atoms with E-state index in [0.717, 1.165) is 62.4 Å². The number of pyridine rings is 1. The van der Waals surface area contributed by atoms with E-state index < -0.39 is 11.2 Å². The van der Waals surface area contributed by atoms with E-state index in [1.165, 1.54) is 0 Å². The molecule has 0 radical (unpaired) electrons. The Labute approximate surface area is 188 Å². The Hall–Kier alpha value is -2.66. The van der Waals surface area contributed by atoms with Gasteiger partial charge < -0.3 is 5.32 Å². The van der Waals surface area contributed by atoms with Crippen LogP contribution in [0.5, 0.6) is 0 Å². The van der Waals surface area contributed by atoms with Gasteiger partial charge in [-0.1, -0.05) is 24.3 Å². The molecule has 0 saturated carbocycles. The van der Waals surface area contributed by atoms with E-state index in [9.17, 15) is 13.2 Å². The van der Waals surface area contributed by atoms with Crippen LogP contribution in [-0.2, 0) is 25.6 Å². The maximum absolute atomic E-state index is 12.7. The summed E-state index contributed by atoms with van der Waals surface area (Å²) in [5, 5.41) is 8.67. The van der Waals surface area contributed by atoms with Crippen molar-refractivity contribution in [2.24, 2.45) is 5.92 Å². The molecule has 0 bridgehead atoms. The Bertz CT molecular complexity index is 1010. The number of nitrogens with one attached hydrogen (secondary N) is 1. The average Bonchev–Trinajstić information content (AvgIpc) is 3.25. The predicted octanol–water partition coefficient (Wildman–Crippen LogP) is 4.50. The summed E-state index contributed by atoms with van der Waals surface area (Å²) in [6, 6.07) is 5.52. The molecule has 7 nitrogen and oxygen atoms in total. The minimum Gasteiger partial charge on any atom is -0.315 e. The van der Waals surface area contributed by atoms with Crippen LogP contribution in [0.1, 0.15) is 41.9 Å². The molecule has 0 aromatic carbocycles. The van der Waals surface area contributed by atoms with Crippen molar-refractivity contribution in [2.75, 3.05) is 18.4 Å². The third-order valence-corrected chi connectivity index (χ3v) is 6.28. The molecule has 0 atom stereocenters. The zero-order chi connectivity index (χ0) is 22.6. The summed E-state index contributed by atoms with van der Waals surface area (Å²) in [4.78, 5) is 15.7. The molecule has 4 rings (SSSR count). The lowest BCUT2D eigenvalue weighted by Gasteiger charge is -2.31. The van der Waals surface area contributed by atoms with Gasteiger partial charge in [0.1, 0.15) is 11.6 Å². The first-order chi connectivity index (χ1) is 15.4. The SMILES string of the molecule is CCc1ncc(CN2CCC(Cc3cccc(Nc4nnc(C(F)(F)F)s4)n3)CC2)cn1. The van der Waals surface area contributed by atoms with Crippen molar-refractivity contribution in [3.8, 4) is 0 Å². The molecule has 4 heterocycles. The van der Waals surface area contributed by atoms with Gasteiger partial charge in [-0.25, -0.2) is 15.0 Å². The number of hydrogen-bond donors (Lipinski definition) is 1. The second-order valence-electron chi connectivity index (χ2n) is 7.83. The molecule has 1 aliphatic rings. The maximum Gasteiger partial charge on any atom is 0.445 e. The smallest absolute Gasteiger partial charge is 0.315 e. The minimum atomic E-state index is -4.49. The highest BCUT2D eigenvalue weighted by atomic mass is 32.1. The number of anilines is 2. The van der Waals surface area contributed by atoms with Gasteiger partial charge in [-0.2, -0.15) is 13.2 Å². The molecule has 1 fully saturated rings. The summed E-state index contributed by atoms with van der Waals surface area (Å²) in [7, 11) is 0. The van der Waals surface area contributed by atoms with Crippen molar-refractivity contribution < 1.29 is 13.2 Å². The van der Waals surface area contributed by atoms with Gasteiger partial charge in [-0.3, -0.25) is 4.90 Å². The standard InChI is InChI=1S/C21H24F3N7S/c1-2-17-25-11-15(12-26-17)13-31-8-6-14(7-9-31)10-16-4-3-5-18(27-16)28-20-30-29-19(32-20)21(22,23)24/h3-5,11-12,14H,2,6-10,13H2,1H3,(H,27,28,30). The van der Waals surface area contributed by atoms with Crippen LogP contribution >= 0.6 is 11.3 Å². The molecule has 0 unspecified atom stereocenters. The Morgan fingerprint density at radius 3 is 2.53 bits per heavy atom. The summed E-state index contributed by atoms with van der Waals surface area (Å²) < 4.78 is 38.1. The average molecular weight is 464 g/mol. The molecular weight excluding hydrogens is 439 g/mol. The van der Waals surface area contributed by atoms with Crippen LogP contribution in [0, 0.1) is 5.92 Å². The van der Waals surface area contributed by atoms with Crippen molar-refractivity contribution in [1.29, 1.82) is 0 Å². The molecule has 11 heteroatoms. The normalized spacial score (nSPS) is 15.8. The van der Waals surface area contributed by atoms with Gasteiger partial charge in [0.25, 0.3) is 0 Å². The Balaban J connectivity index is 1.28. The van der Waals surface area contributed by atoms with E-state index >= 15 is 0 Å². The summed E-state index contributed by atoms with van der Waals surface area (Å²) in [6.45, 7) is 4.91. The number of aromatic nitrogens is 5. The van der Waals surface area contributed by atoms with Gasteiger partial charge >= 0.3 is 6.18 Å². The Kier molecular flexibility index (Phi) is 6.95. The first-order valence-corrected chi connectivity index (χ1v) is 11.4. The van der Waals surface area contributed by atoms with Gasteiger partial charge in [-0.05, 0) is 50.4 Å². The lowest BCUT2D eigenvalue weighted by molar-refractivity contribution is -0.138. The first kappa shape index (κ1) is 22.5. The van der Waals surface area contributed by atoms with E-state index in [0.29, 0.717) is 23.1 Å². The number of piperidine rings is 1. The second-order valence-corrected chi connectivity index (χ2v) is 8.81. The van der Waals surface area contributed by atoms with Crippen LogP contribution in [0.3, 0.4) is 0 Å². The molecule has 32 heavy (non-hydrogen) atoms. The number of nitrogens with zero attached hydrogens (tertiary/aromatic N) is 6. The van der Waals surface area contributed by atoms with Crippen molar-refractivity contribution in [3.63, 3.8) is 0 Å². The quantitative estimate of drug-likeness (QED) is 0.553. The van der Waals surface area contributed by atoms with Crippen LogP contribution in [0.25, 0.3) is 0 Å². The van der Waals surface area contributed by atoms with Crippen LogP contribution in [0.4, 0.5) is 24.1 Å². The van der Waals surface area contributed by atoms with Crippen molar-refractivity contribution in [3.05, 3.63) is 52.7 Å². The minimum absolute atomic E-state index is 0.0752. The molecule has 0 amide bonds. The second kappa shape index (κ2) is 9.86. The van der Waals surface area contributed by atoms with Gasteiger partial charge in [-0.15, -0.1) is 10.2 Å². The topological polar surface area (TPSA) is 79.7 Å². The highest BCUT2D eigenvalue weighted by molar-refractivity contribution is 7.15. The molecule has 170 valence electrons. The lowest BCUT2D eigenvalue weighted by atomic mass is 9.92. The third kappa shape index (κ3) is 5.98. The summed E-state index contributed by atoms with van der Waals surface area (Å²) in [5.41, 5.74) is 2.05. The molecule has 0 spiro atoms. The van der Waals surface area contributed by atoms with Gasteiger partial charge in [0.05, 0.1) is 0 Å². The molecule has 1 saturated heterocycles. The molecule has 1 N–H and O–H groups in total. The highest BCUT2D eigenvalue weighted by Gasteiger charge is 2.35. The summed E-state index contributed by atoms with van der Waals surface area (Å²) in [5.74, 6) is 1.86. The number of rotatable bonds is 7. The monoisotopic (exact) mass is 463 g/mol. The zero-order valence-electron chi connectivity index (χ0n) is 17.6. The first-order valence-electron chi connectivity index (χ1n) is 10.5. The van der Waals surface area contributed by atoms with Crippen LogP contribution in [0.2, 0.25) is 0 Å². The van der Waals surface area contributed by atoms with E-state index in [1.54, 1.807) is 6.07 Å². The molecule has 3 aromatic heterocycles. The van der Waals surface area contributed by atoms with Crippen LogP contribution in [-0.4, -0.2) is 43.1 Å². The fourth-order valence-corrected chi connectivity index (χ4v) is 4.33. The predicted molar refractivity (Wildman–Crippen MR) is 116 cm³/mol. The lowest BCUT2D eigenvalue weighted by Crippen LogP contribution is -2.34. The number of alkyl halides is 3. The molecular formula is C21H24F3N7S.